The van der Waals surface area contributed by atoms with Gasteiger partial charge >= 0.3 is 5.97 Å². The van der Waals surface area contributed by atoms with Gasteiger partial charge in [0.2, 0.25) is 0 Å². The van der Waals surface area contributed by atoms with E-state index in [0.29, 0.717) is 13.0 Å². The van der Waals surface area contributed by atoms with Crippen molar-refractivity contribution in [2.75, 3.05) is 26.4 Å². The lowest BCUT2D eigenvalue weighted by atomic mass is 9.99. The maximum atomic E-state index is 12.5. The summed E-state index contributed by atoms with van der Waals surface area (Å²) in [5.41, 5.74) is 0. The quantitative estimate of drug-likeness (QED) is 0.0285. The Morgan fingerprint density at radius 3 is 1.72 bits per heavy atom. The highest BCUT2D eigenvalue weighted by molar-refractivity contribution is 5.69. The Labute approximate surface area is 322 Å². The predicted octanol–water partition coefficient (Wildman–Crippen LogP) is 8.97. The van der Waals surface area contributed by atoms with Gasteiger partial charge in [-0.1, -0.05) is 152 Å². The van der Waals surface area contributed by atoms with Crippen LogP contribution in [0, 0.1) is 0 Å². The molecule has 0 aromatic heterocycles. The molecule has 0 aromatic rings. The second-order valence-electron chi connectivity index (χ2n) is 14.4. The third kappa shape index (κ3) is 27.4. The van der Waals surface area contributed by atoms with E-state index in [9.17, 15) is 25.2 Å². The van der Waals surface area contributed by atoms with Crippen LogP contribution < -0.4 is 0 Å². The number of esters is 1. The molecular weight excluding hydrogens is 672 g/mol. The van der Waals surface area contributed by atoms with Crippen LogP contribution in [0.3, 0.4) is 0 Å². The van der Waals surface area contributed by atoms with Gasteiger partial charge in [0.05, 0.1) is 19.8 Å². The second-order valence-corrected chi connectivity index (χ2v) is 14.4. The Morgan fingerprint density at radius 1 is 0.623 bits per heavy atom. The minimum Gasteiger partial charge on any atom is -0.457 e. The van der Waals surface area contributed by atoms with E-state index in [-0.39, 0.29) is 19.2 Å². The molecule has 1 aliphatic rings. The summed E-state index contributed by atoms with van der Waals surface area (Å²) < 4.78 is 22.5. The van der Waals surface area contributed by atoms with Crippen molar-refractivity contribution in [3.05, 3.63) is 48.6 Å². The molecule has 0 saturated carbocycles. The van der Waals surface area contributed by atoms with Gasteiger partial charge in [-0.05, 0) is 51.4 Å². The fourth-order valence-electron chi connectivity index (χ4n) is 6.19. The zero-order valence-electron chi connectivity index (χ0n) is 33.5. The summed E-state index contributed by atoms with van der Waals surface area (Å²) >= 11 is 0. The van der Waals surface area contributed by atoms with Crippen molar-refractivity contribution in [1.29, 1.82) is 0 Å². The molecule has 6 unspecified atom stereocenters. The highest BCUT2D eigenvalue weighted by Crippen LogP contribution is 2.22. The molecular formula is C44H78O9. The van der Waals surface area contributed by atoms with Gasteiger partial charge in [0.1, 0.15) is 30.5 Å². The second kappa shape index (κ2) is 35.8. The minimum atomic E-state index is -1.53. The standard InChI is InChI=1S/C44H78O9/c1-3-5-7-9-10-11-12-13-14-15-16-17-18-19-20-21-22-23-24-25-26-27-28-29-30-32-34-50-36-38(52-40(46)33-31-8-6-4-2)37-51-44-43(49)42(48)41(47)39(35-45)53-44/h5,7,10-11,13-14,16-17,38-39,41-45,47-49H,3-4,6,8-9,12,15,18-37H2,1-2H3/b7-5-,11-10-,14-13-,17-16-. The summed E-state index contributed by atoms with van der Waals surface area (Å²) in [5.74, 6) is -0.333. The van der Waals surface area contributed by atoms with E-state index < -0.39 is 43.4 Å². The van der Waals surface area contributed by atoms with Gasteiger partial charge in [0.25, 0.3) is 0 Å². The average Bonchev–Trinajstić information content (AvgIpc) is 3.16. The number of hydrogen-bond acceptors (Lipinski definition) is 9. The molecule has 0 radical (unpaired) electrons. The van der Waals surface area contributed by atoms with Gasteiger partial charge in [0, 0.05) is 13.0 Å². The van der Waals surface area contributed by atoms with E-state index in [1.54, 1.807) is 0 Å². The molecule has 308 valence electrons. The summed E-state index contributed by atoms with van der Waals surface area (Å²) in [5, 5.41) is 39.8. The molecule has 1 rings (SSSR count). The molecule has 1 fully saturated rings. The van der Waals surface area contributed by atoms with Gasteiger partial charge in [-0.3, -0.25) is 4.79 Å². The van der Waals surface area contributed by atoms with Crippen LogP contribution in [0.1, 0.15) is 162 Å². The Balaban J connectivity index is 2.06. The van der Waals surface area contributed by atoms with Crippen LogP contribution >= 0.6 is 0 Å². The Morgan fingerprint density at radius 2 is 1.15 bits per heavy atom. The van der Waals surface area contributed by atoms with Crippen LogP contribution in [0.4, 0.5) is 0 Å². The van der Waals surface area contributed by atoms with Crippen LogP contribution in [0.25, 0.3) is 0 Å². The number of aliphatic hydroxyl groups excluding tert-OH is 4. The van der Waals surface area contributed by atoms with E-state index >= 15 is 0 Å². The molecule has 9 heteroatoms. The average molecular weight is 751 g/mol. The number of rotatable bonds is 35. The predicted molar refractivity (Wildman–Crippen MR) is 215 cm³/mol. The Bertz CT molecular complexity index is 947. The molecule has 6 atom stereocenters. The summed E-state index contributed by atoms with van der Waals surface area (Å²) in [4.78, 5) is 12.5. The van der Waals surface area contributed by atoms with Crippen molar-refractivity contribution in [2.45, 2.75) is 198 Å². The number of carbonyl (C=O) groups excluding carboxylic acids is 1. The molecule has 9 nitrogen and oxygen atoms in total. The van der Waals surface area contributed by atoms with E-state index in [4.69, 9.17) is 18.9 Å². The van der Waals surface area contributed by atoms with Crippen LogP contribution in [0.2, 0.25) is 0 Å². The van der Waals surface area contributed by atoms with Gasteiger partial charge in [0.15, 0.2) is 6.29 Å². The highest BCUT2D eigenvalue weighted by atomic mass is 16.7. The molecule has 1 saturated heterocycles. The molecule has 0 bridgehead atoms. The van der Waals surface area contributed by atoms with Crippen LogP contribution in [0.5, 0.6) is 0 Å². The number of aliphatic hydroxyl groups is 4. The first-order valence-electron chi connectivity index (χ1n) is 21.2. The third-order valence-electron chi connectivity index (χ3n) is 9.51. The fourth-order valence-corrected chi connectivity index (χ4v) is 6.19. The first-order chi connectivity index (χ1) is 25.9. The van der Waals surface area contributed by atoms with Crippen molar-refractivity contribution in [2.24, 2.45) is 0 Å². The number of unbranched alkanes of at least 4 members (excludes halogenated alkanes) is 16. The summed E-state index contributed by atoms with van der Waals surface area (Å²) in [6.45, 7) is 4.31. The van der Waals surface area contributed by atoms with Gasteiger partial charge < -0.3 is 39.4 Å². The SMILES string of the molecule is CC/C=C\C/C=C\C/C=C\C/C=C\CCCCCCCCCCCCCCCOCC(COC1OC(CO)C(O)C(O)C1O)OC(=O)CCCCCC. The smallest absolute Gasteiger partial charge is 0.306 e. The zero-order valence-corrected chi connectivity index (χ0v) is 33.5. The lowest BCUT2D eigenvalue weighted by Gasteiger charge is -2.39. The molecule has 0 aliphatic carbocycles. The Hall–Kier alpha value is -1.85. The largest absolute Gasteiger partial charge is 0.457 e. The van der Waals surface area contributed by atoms with E-state index in [1.165, 1.54) is 77.0 Å². The molecule has 1 heterocycles. The normalized spacial score (nSPS) is 21.5. The van der Waals surface area contributed by atoms with Crippen LogP contribution in [-0.2, 0) is 23.7 Å². The van der Waals surface area contributed by atoms with Crippen molar-refractivity contribution in [3.63, 3.8) is 0 Å². The number of allylic oxidation sites excluding steroid dienone is 8. The van der Waals surface area contributed by atoms with Crippen molar-refractivity contribution < 1.29 is 44.2 Å². The first-order valence-corrected chi connectivity index (χ1v) is 21.2. The summed E-state index contributed by atoms with van der Waals surface area (Å²) in [7, 11) is 0. The van der Waals surface area contributed by atoms with Crippen LogP contribution in [-0.4, -0.2) is 89.6 Å². The zero-order chi connectivity index (χ0) is 38.6. The van der Waals surface area contributed by atoms with E-state index in [2.05, 4.69) is 62.5 Å². The highest BCUT2D eigenvalue weighted by Gasteiger charge is 2.44. The monoisotopic (exact) mass is 751 g/mol. The first kappa shape index (κ1) is 49.2. The molecule has 0 amide bonds. The third-order valence-corrected chi connectivity index (χ3v) is 9.51. The Kier molecular flexibility index (Phi) is 33.2. The minimum absolute atomic E-state index is 0.115. The lowest BCUT2D eigenvalue weighted by molar-refractivity contribution is -0.305. The number of carbonyl (C=O) groups is 1. The van der Waals surface area contributed by atoms with E-state index in [0.717, 1.165) is 64.2 Å². The summed E-state index contributed by atoms with van der Waals surface area (Å²) in [6, 6.07) is 0. The van der Waals surface area contributed by atoms with Crippen molar-refractivity contribution in [1.82, 2.24) is 0 Å². The molecule has 0 spiro atoms. The van der Waals surface area contributed by atoms with Gasteiger partial charge in [-0.15, -0.1) is 0 Å². The molecule has 4 N–H and O–H groups in total. The fraction of sp³-hybridized carbons (Fsp3) is 0.795. The topological polar surface area (TPSA) is 135 Å². The maximum absolute atomic E-state index is 12.5. The number of hydrogen-bond donors (Lipinski definition) is 4. The van der Waals surface area contributed by atoms with Crippen LogP contribution in [0.15, 0.2) is 48.6 Å². The molecule has 1 aliphatic heterocycles. The van der Waals surface area contributed by atoms with Gasteiger partial charge in [-0.2, -0.15) is 0 Å². The maximum Gasteiger partial charge on any atom is 0.306 e. The van der Waals surface area contributed by atoms with Crippen molar-refractivity contribution >= 4 is 5.97 Å². The van der Waals surface area contributed by atoms with Gasteiger partial charge in [-0.25, -0.2) is 0 Å². The lowest BCUT2D eigenvalue weighted by Crippen LogP contribution is -2.59. The van der Waals surface area contributed by atoms with E-state index in [1.807, 2.05) is 0 Å². The molecule has 0 aromatic carbocycles. The molecule has 53 heavy (non-hydrogen) atoms. The summed E-state index contributed by atoms with van der Waals surface area (Å²) in [6.07, 6.45) is 36.4. The van der Waals surface area contributed by atoms with Crippen molar-refractivity contribution in [3.8, 4) is 0 Å². The number of ether oxygens (including phenoxy) is 4.